The summed E-state index contributed by atoms with van der Waals surface area (Å²) in [4.78, 5) is 23.9. The molecule has 0 unspecified atom stereocenters. The largest absolute Gasteiger partial charge is 0.473 e. The Hall–Kier alpha value is -3.86. The predicted molar refractivity (Wildman–Crippen MR) is 126 cm³/mol. The summed E-state index contributed by atoms with van der Waals surface area (Å²) in [6.07, 6.45) is 3.51. The van der Waals surface area contributed by atoms with E-state index in [9.17, 15) is 9.59 Å². The fraction of sp³-hybridized carbons (Fsp3) is 0.185. The minimum Gasteiger partial charge on any atom is -0.473 e. The fourth-order valence-corrected chi connectivity index (χ4v) is 3.91. The highest BCUT2D eigenvalue weighted by Gasteiger charge is 2.41. The average Bonchev–Trinajstić information content (AvgIpc) is 2.85. The van der Waals surface area contributed by atoms with E-state index in [1.54, 1.807) is 0 Å². The van der Waals surface area contributed by atoms with E-state index >= 15 is 0 Å². The molecule has 2 bridgehead atoms. The van der Waals surface area contributed by atoms with Crippen LogP contribution in [0.5, 0.6) is 5.75 Å². The first-order valence-electron chi connectivity index (χ1n) is 10.8. The second-order valence-corrected chi connectivity index (χ2v) is 7.70. The first-order valence-corrected chi connectivity index (χ1v) is 10.8. The van der Waals surface area contributed by atoms with Crippen molar-refractivity contribution in [2.75, 3.05) is 0 Å². The normalized spacial score (nSPS) is 13.0. The first-order chi connectivity index (χ1) is 15.6. The van der Waals surface area contributed by atoms with Crippen LogP contribution in [-0.4, -0.2) is 9.55 Å². The number of fused-ring (bicyclic) bond motifs is 3. The van der Waals surface area contributed by atoms with E-state index < -0.39 is 5.60 Å². The molecule has 3 aromatic carbocycles. The molecule has 6 rings (SSSR count). The number of ether oxygens (including phenoxy) is 1. The van der Waals surface area contributed by atoms with Crippen LogP contribution in [0.3, 0.4) is 0 Å². The van der Waals surface area contributed by atoms with Gasteiger partial charge in [-0.15, -0.1) is 0 Å². The summed E-state index contributed by atoms with van der Waals surface area (Å²) in [6, 6.07) is 30.5. The first kappa shape index (κ1) is 21.4. The number of rotatable bonds is 5. The molecule has 162 valence electrons. The van der Waals surface area contributed by atoms with Gasteiger partial charge in [0.1, 0.15) is 5.75 Å². The van der Waals surface area contributed by atoms with Crippen molar-refractivity contribution in [3.05, 3.63) is 135 Å². The van der Waals surface area contributed by atoms with Gasteiger partial charge in [-0.1, -0.05) is 86.1 Å². The molecule has 0 saturated carbocycles. The van der Waals surface area contributed by atoms with Crippen LogP contribution in [0.2, 0.25) is 0 Å². The Bertz CT molecular complexity index is 1220. The van der Waals surface area contributed by atoms with Gasteiger partial charge < -0.3 is 9.30 Å². The third-order valence-corrected chi connectivity index (χ3v) is 5.54. The smallest absolute Gasteiger partial charge is 0.328 e. The molecule has 2 aliphatic rings. The average molecular weight is 427 g/mol. The van der Waals surface area contributed by atoms with Gasteiger partial charge in [-0.3, -0.25) is 9.78 Å². The molecule has 0 amide bonds. The molecular formula is C27H26N2O3. The quantitative estimate of drug-likeness (QED) is 0.503. The van der Waals surface area contributed by atoms with Crippen molar-refractivity contribution < 1.29 is 4.74 Å². The number of hydrogen-bond acceptors (Lipinski definition) is 3. The lowest BCUT2D eigenvalue weighted by molar-refractivity contribution is 0.146. The molecule has 0 saturated heterocycles. The van der Waals surface area contributed by atoms with Crippen molar-refractivity contribution in [3.8, 4) is 5.75 Å². The maximum atomic E-state index is 11.1. The molecule has 4 aromatic rings. The lowest BCUT2D eigenvalue weighted by Gasteiger charge is -2.39. The van der Waals surface area contributed by atoms with E-state index in [2.05, 4.69) is 72.6 Å². The zero-order valence-electron chi connectivity index (χ0n) is 18.0. The van der Waals surface area contributed by atoms with Crippen molar-refractivity contribution in [2.24, 2.45) is 0 Å². The lowest BCUT2D eigenvalue weighted by Crippen LogP contribution is -2.38. The molecule has 3 heterocycles. The van der Waals surface area contributed by atoms with Crippen molar-refractivity contribution in [2.45, 2.75) is 31.9 Å². The van der Waals surface area contributed by atoms with Gasteiger partial charge in [-0.25, -0.2) is 4.79 Å². The van der Waals surface area contributed by atoms with Crippen molar-refractivity contribution >= 4 is 0 Å². The summed E-state index contributed by atoms with van der Waals surface area (Å²) in [5, 5.41) is 0. The molecule has 1 N–H and O–H groups in total. The Morgan fingerprint density at radius 1 is 0.781 bits per heavy atom. The lowest BCUT2D eigenvalue weighted by atomic mass is 9.78. The van der Waals surface area contributed by atoms with Crippen LogP contribution in [0.25, 0.3) is 0 Å². The van der Waals surface area contributed by atoms with Gasteiger partial charge in [0.25, 0.3) is 5.56 Å². The van der Waals surface area contributed by atoms with E-state index in [-0.39, 0.29) is 11.2 Å². The van der Waals surface area contributed by atoms with Crippen LogP contribution in [0, 0.1) is 0 Å². The number of unbranched alkanes of at least 4 members (excludes halogenated alkanes) is 1. The Morgan fingerprint density at radius 2 is 1.34 bits per heavy atom. The molecule has 32 heavy (non-hydrogen) atoms. The highest BCUT2D eigenvalue weighted by atomic mass is 16.5. The zero-order valence-corrected chi connectivity index (χ0v) is 18.0. The van der Waals surface area contributed by atoms with E-state index in [0.717, 1.165) is 29.7 Å². The number of benzene rings is 3. The Balaban J connectivity index is 0.000000176. The van der Waals surface area contributed by atoms with Gasteiger partial charge in [0.2, 0.25) is 0 Å². The number of nitrogens with one attached hydrogen (secondary N) is 1. The SMILES string of the molecule is CCCCn1ccc(=O)[nH]c1=O.c1ccc(C2(c3ccccc3)Oc3ccc2cc3)cc1. The van der Waals surface area contributed by atoms with Crippen LogP contribution in [-0.2, 0) is 12.1 Å². The second-order valence-electron chi connectivity index (χ2n) is 7.70. The van der Waals surface area contributed by atoms with E-state index in [1.165, 1.54) is 22.4 Å². The Labute approximate surface area is 187 Å². The monoisotopic (exact) mass is 426 g/mol. The number of H-pyrrole nitrogens is 1. The third kappa shape index (κ3) is 4.28. The minimum absolute atomic E-state index is 0.323. The van der Waals surface area contributed by atoms with Crippen LogP contribution in [0.1, 0.15) is 36.5 Å². The summed E-state index contributed by atoms with van der Waals surface area (Å²) in [5.41, 5.74) is 2.31. The van der Waals surface area contributed by atoms with E-state index in [0.29, 0.717) is 6.54 Å². The molecule has 5 nitrogen and oxygen atoms in total. The predicted octanol–water partition coefficient (Wildman–Crippen LogP) is 4.71. The standard InChI is InChI=1S/C19H14O.C8H12N2O2/c1-3-7-15(8-4-1)19(16-9-5-2-6-10-16)17-11-13-18(20-19)14-12-17;1-2-3-5-10-6-4-7(11)9-8(10)12/h1-14H;4,6H,2-3,5H2,1H3,(H,9,11,12). The molecular weight excluding hydrogens is 400 g/mol. The van der Waals surface area contributed by atoms with Crippen LogP contribution >= 0.6 is 0 Å². The zero-order chi connectivity index (χ0) is 22.4. The molecule has 0 aliphatic carbocycles. The molecule has 0 fully saturated rings. The number of nitrogens with zero attached hydrogens (tertiary/aromatic N) is 1. The Kier molecular flexibility index (Phi) is 6.36. The number of aromatic nitrogens is 2. The molecule has 0 atom stereocenters. The molecule has 2 aliphatic heterocycles. The topological polar surface area (TPSA) is 64.1 Å². The molecule has 5 heteroatoms. The van der Waals surface area contributed by atoms with Crippen molar-refractivity contribution in [1.29, 1.82) is 0 Å². The summed E-state index contributed by atoms with van der Waals surface area (Å²) >= 11 is 0. The summed E-state index contributed by atoms with van der Waals surface area (Å²) in [5.74, 6) is 0.910. The van der Waals surface area contributed by atoms with Gasteiger partial charge in [0, 0.05) is 35.5 Å². The van der Waals surface area contributed by atoms with Gasteiger partial charge >= 0.3 is 5.69 Å². The van der Waals surface area contributed by atoms with Crippen LogP contribution in [0.4, 0.5) is 0 Å². The number of aryl methyl sites for hydroxylation is 1. The molecule has 0 radical (unpaired) electrons. The molecule has 1 aromatic heterocycles. The van der Waals surface area contributed by atoms with Gasteiger partial charge in [-0.05, 0) is 18.6 Å². The third-order valence-electron chi connectivity index (χ3n) is 5.54. The molecule has 0 spiro atoms. The van der Waals surface area contributed by atoms with Crippen molar-refractivity contribution in [1.82, 2.24) is 9.55 Å². The van der Waals surface area contributed by atoms with Gasteiger partial charge in [-0.2, -0.15) is 0 Å². The van der Waals surface area contributed by atoms with Crippen LogP contribution < -0.4 is 16.0 Å². The van der Waals surface area contributed by atoms with Crippen molar-refractivity contribution in [3.63, 3.8) is 0 Å². The highest BCUT2D eigenvalue weighted by molar-refractivity contribution is 5.52. The van der Waals surface area contributed by atoms with E-state index in [1.807, 2.05) is 24.3 Å². The van der Waals surface area contributed by atoms with E-state index in [4.69, 9.17) is 4.74 Å². The number of hydrogen-bond donors (Lipinski definition) is 1. The maximum absolute atomic E-state index is 11.1. The summed E-state index contributed by atoms with van der Waals surface area (Å²) in [7, 11) is 0. The maximum Gasteiger partial charge on any atom is 0.328 e. The van der Waals surface area contributed by atoms with Gasteiger partial charge in [0.15, 0.2) is 5.60 Å². The van der Waals surface area contributed by atoms with Gasteiger partial charge in [0.05, 0.1) is 0 Å². The highest BCUT2D eigenvalue weighted by Crippen LogP contribution is 2.44. The fourth-order valence-electron chi connectivity index (χ4n) is 3.91. The second kappa shape index (κ2) is 9.52. The van der Waals surface area contributed by atoms with Crippen LogP contribution in [0.15, 0.2) is 107 Å². The number of aromatic amines is 1. The minimum atomic E-state index is -0.513. The summed E-state index contributed by atoms with van der Waals surface area (Å²) in [6.45, 7) is 2.73. The summed E-state index contributed by atoms with van der Waals surface area (Å²) < 4.78 is 7.86. The Morgan fingerprint density at radius 3 is 1.81 bits per heavy atom.